The molecule has 2 nitrogen and oxygen atoms in total. The molecule has 2 heteroatoms. The Bertz CT molecular complexity index is 342. The summed E-state index contributed by atoms with van der Waals surface area (Å²) in [7, 11) is 0. The lowest BCUT2D eigenvalue weighted by Gasteiger charge is -2.08. The van der Waals surface area contributed by atoms with E-state index in [1.807, 2.05) is 32.0 Å². The highest BCUT2D eigenvalue weighted by molar-refractivity contribution is 6.06. The number of hydrogen-bond acceptors (Lipinski definition) is 2. The Balaban J connectivity index is 3.00. The van der Waals surface area contributed by atoms with E-state index < -0.39 is 5.92 Å². The highest BCUT2D eigenvalue weighted by Gasteiger charge is 2.18. The minimum absolute atomic E-state index is 0.0689. The average Bonchev–Trinajstić information content (AvgIpc) is 2.20. The fourth-order valence-electron chi connectivity index (χ4n) is 1.39. The van der Waals surface area contributed by atoms with Gasteiger partial charge in [-0.2, -0.15) is 0 Å². The van der Waals surface area contributed by atoms with Gasteiger partial charge in [0, 0.05) is 5.56 Å². The first-order chi connectivity index (χ1) is 6.70. The summed E-state index contributed by atoms with van der Waals surface area (Å²) in [4.78, 5) is 22.4. The Labute approximate surface area is 83.9 Å². The van der Waals surface area contributed by atoms with Crippen molar-refractivity contribution in [3.05, 3.63) is 35.4 Å². The van der Waals surface area contributed by atoms with E-state index in [-0.39, 0.29) is 5.78 Å². The predicted molar refractivity (Wildman–Crippen MR) is 55.4 cm³/mol. The van der Waals surface area contributed by atoms with E-state index in [9.17, 15) is 9.59 Å². The number of ketones is 1. The molecule has 0 saturated carbocycles. The number of aldehydes is 1. The van der Waals surface area contributed by atoms with Crippen LogP contribution in [-0.2, 0) is 4.79 Å². The van der Waals surface area contributed by atoms with Crippen LogP contribution in [0.2, 0.25) is 0 Å². The summed E-state index contributed by atoms with van der Waals surface area (Å²) in [6, 6.07) is 7.35. The van der Waals surface area contributed by atoms with Gasteiger partial charge in [-0.1, -0.05) is 31.2 Å². The van der Waals surface area contributed by atoms with E-state index in [0.717, 1.165) is 11.8 Å². The number of aryl methyl sites for hydroxylation is 1. The third-order valence-corrected chi connectivity index (χ3v) is 2.35. The molecule has 0 spiro atoms. The summed E-state index contributed by atoms with van der Waals surface area (Å²) in [5.41, 5.74) is 1.59. The van der Waals surface area contributed by atoms with Gasteiger partial charge in [0.15, 0.2) is 5.78 Å². The zero-order valence-corrected chi connectivity index (χ0v) is 8.49. The van der Waals surface area contributed by atoms with Crippen LogP contribution in [0.5, 0.6) is 0 Å². The fourth-order valence-corrected chi connectivity index (χ4v) is 1.39. The monoisotopic (exact) mass is 190 g/mol. The quantitative estimate of drug-likeness (QED) is 0.415. The second kappa shape index (κ2) is 4.70. The molecule has 0 N–H and O–H groups in total. The van der Waals surface area contributed by atoms with E-state index in [0.29, 0.717) is 12.0 Å². The summed E-state index contributed by atoms with van der Waals surface area (Å²) in [5, 5.41) is 0. The van der Waals surface area contributed by atoms with Crippen molar-refractivity contribution in [3.63, 3.8) is 0 Å². The maximum atomic E-state index is 11.8. The first-order valence-electron chi connectivity index (χ1n) is 4.75. The molecule has 0 saturated heterocycles. The molecule has 0 aliphatic rings. The zero-order chi connectivity index (χ0) is 10.6. The van der Waals surface area contributed by atoms with Gasteiger partial charge in [0.05, 0.1) is 5.92 Å². The molecule has 0 aliphatic carbocycles. The SMILES string of the molecule is CCC(C=O)C(=O)c1ccccc1C. The Morgan fingerprint density at radius 3 is 2.57 bits per heavy atom. The summed E-state index contributed by atoms with van der Waals surface area (Å²) >= 11 is 0. The molecule has 0 aromatic heterocycles. The van der Waals surface area contributed by atoms with Crippen molar-refractivity contribution in [2.45, 2.75) is 20.3 Å². The van der Waals surface area contributed by atoms with Crippen molar-refractivity contribution in [2.75, 3.05) is 0 Å². The first-order valence-corrected chi connectivity index (χ1v) is 4.75. The van der Waals surface area contributed by atoms with Crippen molar-refractivity contribution in [1.29, 1.82) is 0 Å². The molecule has 1 aromatic carbocycles. The molecule has 0 aliphatic heterocycles. The number of carbonyl (C=O) groups excluding carboxylic acids is 2. The topological polar surface area (TPSA) is 34.1 Å². The van der Waals surface area contributed by atoms with Crippen molar-refractivity contribution in [1.82, 2.24) is 0 Å². The largest absolute Gasteiger partial charge is 0.303 e. The highest BCUT2D eigenvalue weighted by Crippen LogP contribution is 2.14. The van der Waals surface area contributed by atoms with Crippen LogP contribution in [0.25, 0.3) is 0 Å². The van der Waals surface area contributed by atoms with Gasteiger partial charge in [0.1, 0.15) is 6.29 Å². The second-order valence-corrected chi connectivity index (χ2v) is 3.33. The van der Waals surface area contributed by atoms with Crippen molar-refractivity contribution in [3.8, 4) is 0 Å². The Morgan fingerprint density at radius 1 is 1.43 bits per heavy atom. The van der Waals surface area contributed by atoms with Crippen molar-refractivity contribution in [2.24, 2.45) is 5.92 Å². The number of Topliss-reactive ketones (excluding diaryl/α,β-unsaturated/α-hetero) is 1. The second-order valence-electron chi connectivity index (χ2n) is 3.33. The molecule has 1 unspecified atom stereocenters. The summed E-state index contributed by atoms with van der Waals surface area (Å²) in [5.74, 6) is -0.559. The van der Waals surface area contributed by atoms with Gasteiger partial charge in [0.25, 0.3) is 0 Å². The smallest absolute Gasteiger partial charge is 0.173 e. The number of carbonyl (C=O) groups is 2. The minimum Gasteiger partial charge on any atom is -0.303 e. The molecule has 0 heterocycles. The molecule has 1 aromatic rings. The molecule has 14 heavy (non-hydrogen) atoms. The lowest BCUT2D eigenvalue weighted by Crippen LogP contribution is -2.16. The lowest BCUT2D eigenvalue weighted by molar-refractivity contribution is -0.109. The zero-order valence-electron chi connectivity index (χ0n) is 8.49. The molecule has 0 fully saturated rings. The predicted octanol–water partition coefficient (Wildman–Crippen LogP) is 2.40. The van der Waals surface area contributed by atoms with E-state index in [4.69, 9.17) is 0 Å². The Morgan fingerprint density at radius 2 is 2.07 bits per heavy atom. The van der Waals surface area contributed by atoms with E-state index >= 15 is 0 Å². The van der Waals surface area contributed by atoms with Crippen LogP contribution >= 0.6 is 0 Å². The molecule has 1 atom stereocenters. The maximum absolute atomic E-state index is 11.8. The van der Waals surface area contributed by atoms with Crippen LogP contribution in [0.3, 0.4) is 0 Å². The minimum atomic E-state index is -0.490. The van der Waals surface area contributed by atoms with Gasteiger partial charge < -0.3 is 4.79 Å². The van der Waals surface area contributed by atoms with Gasteiger partial charge in [0.2, 0.25) is 0 Å². The average molecular weight is 190 g/mol. The number of rotatable bonds is 4. The molecule has 0 amide bonds. The standard InChI is InChI=1S/C12H14O2/c1-3-10(8-13)12(14)11-7-5-4-6-9(11)2/h4-8,10H,3H2,1-2H3. The molecule has 74 valence electrons. The molecule has 0 bridgehead atoms. The number of benzene rings is 1. The summed E-state index contributed by atoms with van der Waals surface area (Å²) < 4.78 is 0. The van der Waals surface area contributed by atoms with Crippen molar-refractivity contribution < 1.29 is 9.59 Å². The van der Waals surface area contributed by atoms with Gasteiger partial charge in [-0.15, -0.1) is 0 Å². The lowest BCUT2D eigenvalue weighted by atomic mass is 9.94. The van der Waals surface area contributed by atoms with Crippen molar-refractivity contribution >= 4 is 12.1 Å². The molecule has 0 radical (unpaired) electrons. The normalized spacial score (nSPS) is 12.1. The van der Waals surface area contributed by atoms with Crippen LogP contribution in [0.4, 0.5) is 0 Å². The fraction of sp³-hybridized carbons (Fsp3) is 0.333. The van der Waals surface area contributed by atoms with Crippen LogP contribution < -0.4 is 0 Å². The highest BCUT2D eigenvalue weighted by atomic mass is 16.1. The maximum Gasteiger partial charge on any atom is 0.173 e. The number of hydrogen-bond donors (Lipinski definition) is 0. The first kappa shape index (κ1) is 10.6. The van der Waals surface area contributed by atoms with Crippen LogP contribution in [0.1, 0.15) is 29.3 Å². The Kier molecular flexibility index (Phi) is 3.57. The van der Waals surface area contributed by atoms with Gasteiger partial charge in [-0.25, -0.2) is 0 Å². The third kappa shape index (κ3) is 2.08. The van der Waals surface area contributed by atoms with E-state index in [1.165, 1.54) is 0 Å². The molecular weight excluding hydrogens is 176 g/mol. The van der Waals surface area contributed by atoms with Crippen LogP contribution in [0, 0.1) is 12.8 Å². The van der Waals surface area contributed by atoms with E-state index in [1.54, 1.807) is 6.07 Å². The summed E-state index contributed by atoms with van der Waals surface area (Å²) in [6.45, 7) is 3.72. The molecular formula is C12H14O2. The van der Waals surface area contributed by atoms with Gasteiger partial charge in [-0.05, 0) is 18.9 Å². The van der Waals surface area contributed by atoms with Crippen LogP contribution in [0.15, 0.2) is 24.3 Å². The van der Waals surface area contributed by atoms with Gasteiger partial charge >= 0.3 is 0 Å². The Hall–Kier alpha value is -1.44. The molecule has 1 rings (SSSR count). The summed E-state index contributed by atoms with van der Waals surface area (Å²) in [6.07, 6.45) is 1.30. The van der Waals surface area contributed by atoms with E-state index in [2.05, 4.69) is 0 Å². The third-order valence-electron chi connectivity index (χ3n) is 2.35. The van der Waals surface area contributed by atoms with Crippen LogP contribution in [-0.4, -0.2) is 12.1 Å². The van der Waals surface area contributed by atoms with Gasteiger partial charge in [-0.3, -0.25) is 4.79 Å².